The summed E-state index contributed by atoms with van der Waals surface area (Å²) < 4.78 is 2.02. The molecule has 0 spiro atoms. The zero-order valence-electron chi connectivity index (χ0n) is 15.5. The van der Waals surface area contributed by atoms with E-state index in [1.807, 2.05) is 82.4 Å². The number of imidazole rings is 1. The zero-order valence-corrected chi connectivity index (χ0v) is 17.1. The van der Waals surface area contributed by atoms with Crippen molar-refractivity contribution >= 4 is 33.8 Å². The van der Waals surface area contributed by atoms with Gasteiger partial charge in [0.05, 0.1) is 12.1 Å². The molecule has 0 radical (unpaired) electrons. The summed E-state index contributed by atoms with van der Waals surface area (Å²) in [5.74, 6) is 0.118. The molecule has 4 nitrogen and oxygen atoms in total. The van der Waals surface area contributed by atoms with Crippen molar-refractivity contribution in [1.29, 1.82) is 0 Å². The maximum absolute atomic E-state index is 12.9. The number of hydrogen-bond donors (Lipinski definition) is 0. The molecule has 142 valence electrons. The van der Waals surface area contributed by atoms with Gasteiger partial charge in [0.25, 0.3) is 0 Å². The molecule has 0 saturated carbocycles. The number of hydrogen-bond acceptors (Lipinski definition) is 3. The Balaban J connectivity index is 1.53. The minimum atomic E-state index is 0.118. The molecule has 0 atom stereocenters. The maximum atomic E-state index is 12.9. The molecular weight excluding hydrogens is 390 g/mol. The van der Waals surface area contributed by atoms with Crippen molar-refractivity contribution in [3.05, 3.63) is 82.5 Å². The SMILES string of the molecule is CCN(Cc1ccccc1)C(=O)Cc1csc2nc(-c3ccc(Cl)cc3)cn12. The summed E-state index contributed by atoms with van der Waals surface area (Å²) in [7, 11) is 0. The number of nitrogens with zero attached hydrogens (tertiary/aromatic N) is 3. The Hall–Kier alpha value is -2.63. The number of benzene rings is 2. The smallest absolute Gasteiger partial charge is 0.228 e. The fourth-order valence-corrected chi connectivity index (χ4v) is 4.16. The number of amides is 1. The van der Waals surface area contributed by atoms with Gasteiger partial charge in [-0.2, -0.15) is 0 Å². The van der Waals surface area contributed by atoms with Crippen molar-refractivity contribution in [1.82, 2.24) is 14.3 Å². The van der Waals surface area contributed by atoms with Crippen LogP contribution in [0, 0.1) is 0 Å². The van der Waals surface area contributed by atoms with E-state index in [4.69, 9.17) is 11.6 Å². The summed E-state index contributed by atoms with van der Waals surface area (Å²) in [4.78, 5) is 20.3. The number of halogens is 1. The van der Waals surface area contributed by atoms with E-state index in [1.165, 1.54) is 0 Å². The Kier molecular flexibility index (Phi) is 5.46. The van der Waals surface area contributed by atoms with E-state index in [0.29, 0.717) is 24.5 Å². The van der Waals surface area contributed by atoms with Crippen LogP contribution in [0.1, 0.15) is 18.2 Å². The molecule has 0 aliphatic carbocycles. The first-order chi connectivity index (χ1) is 13.6. The van der Waals surface area contributed by atoms with Gasteiger partial charge in [0.1, 0.15) is 0 Å². The summed E-state index contributed by atoms with van der Waals surface area (Å²) in [6, 6.07) is 17.7. The van der Waals surface area contributed by atoms with Gasteiger partial charge in [0.2, 0.25) is 5.91 Å². The number of thiazole rings is 1. The lowest BCUT2D eigenvalue weighted by Crippen LogP contribution is -2.31. The van der Waals surface area contributed by atoms with Gasteiger partial charge in [0, 0.05) is 40.9 Å². The van der Waals surface area contributed by atoms with Crippen LogP contribution in [0.15, 0.2) is 66.2 Å². The highest BCUT2D eigenvalue weighted by atomic mass is 35.5. The monoisotopic (exact) mass is 409 g/mol. The molecule has 6 heteroatoms. The second-order valence-electron chi connectivity index (χ2n) is 6.58. The first-order valence-corrected chi connectivity index (χ1v) is 10.4. The molecule has 0 bridgehead atoms. The standard InChI is InChI=1S/C22H20ClN3OS/c1-2-25(13-16-6-4-3-5-7-16)21(27)12-19-15-28-22-24-20(14-26(19)22)17-8-10-18(23)11-9-17/h3-11,14-15H,2,12-13H2,1H3. The van der Waals surface area contributed by atoms with Crippen molar-refractivity contribution in [2.24, 2.45) is 0 Å². The lowest BCUT2D eigenvalue weighted by molar-refractivity contribution is -0.130. The van der Waals surface area contributed by atoms with Crippen LogP contribution in [0.4, 0.5) is 0 Å². The summed E-state index contributed by atoms with van der Waals surface area (Å²) >= 11 is 7.53. The second-order valence-corrected chi connectivity index (χ2v) is 7.86. The van der Waals surface area contributed by atoms with Crippen LogP contribution in [0.3, 0.4) is 0 Å². The quantitative estimate of drug-likeness (QED) is 0.433. The third kappa shape index (κ3) is 3.96. The fourth-order valence-electron chi connectivity index (χ4n) is 3.16. The van der Waals surface area contributed by atoms with E-state index >= 15 is 0 Å². The Morgan fingerprint density at radius 2 is 1.89 bits per heavy atom. The average Bonchev–Trinajstić information content (AvgIpc) is 3.29. The molecule has 2 aromatic carbocycles. The van der Waals surface area contributed by atoms with Gasteiger partial charge >= 0.3 is 0 Å². The first-order valence-electron chi connectivity index (χ1n) is 9.17. The minimum absolute atomic E-state index is 0.118. The van der Waals surface area contributed by atoms with Gasteiger partial charge in [-0.3, -0.25) is 9.20 Å². The normalized spacial score (nSPS) is 11.1. The molecule has 0 N–H and O–H groups in total. The van der Waals surface area contributed by atoms with Gasteiger partial charge in [-0.25, -0.2) is 4.98 Å². The number of carbonyl (C=O) groups is 1. The third-order valence-electron chi connectivity index (χ3n) is 4.71. The van der Waals surface area contributed by atoms with Crippen molar-refractivity contribution in [2.45, 2.75) is 19.9 Å². The fraction of sp³-hybridized carbons (Fsp3) is 0.182. The summed E-state index contributed by atoms with van der Waals surface area (Å²) in [6.45, 7) is 3.32. The van der Waals surface area contributed by atoms with Crippen LogP contribution < -0.4 is 0 Å². The molecule has 0 fully saturated rings. The number of likely N-dealkylation sites (N-methyl/N-ethyl adjacent to an activating group) is 1. The van der Waals surface area contributed by atoms with E-state index in [-0.39, 0.29) is 5.91 Å². The lowest BCUT2D eigenvalue weighted by atomic mass is 10.2. The number of rotatable bonds is 6. The summed E-state index contributed by atoms with van der Waals surface area (Å²) in [5.41, 5.74) is 4.00. The molecule has 1 amide bonds. The van der Waals surface area contributed by atoms with Gasteiger partial charge in [-0.15, -0.1) is 11.3 Å². The van der Waals surface area contributed by atoms with E-state index < -0.39 is 0 Å². The second kappa shape index (κ2) is 8.17. The molecule has 0 saturated heterocycles. The van der Waals surface area contributed by atoms with Crippen molar-refractivity contribution in [3.8, 4) is 11.3 Å². The first kappa shape index (κ1) is 18.7. The molecule has 4 rings (SSSR count). The number of fused-ring (bicyclic) bond motifs is 1. The van der Waals surface area contributed by atoms with E-state index in [1.54, 1.807) is 11.3 Å². The largest absolute Gasteiger partial charge is 0.338 e. The summed E-state index contributed by atoms with van der Waals surface area (Å²) in [6.07, 6.45) is 2.35. The van der Waals surface area contributed by atoms with Gasteiger partial charge < -0.3 is 4.90 Å². The predicted molar refractivity (Wildman–Crippen MR) is 115 cm³/mol. The van der Waals surface area contributed by atoms with Crippen LogP contribution in [0.5, 0.6) is 0 Å². The zero-order chi connectivity index (χ0) is 19.5. The Morgan fingerprint density at radius 3 is 2.61 bits per heavy atom. The van der Waals surface area contributed by atoms with Crippen LogP contribution in [-0.4, -0.2) is 26.7 Å². The Morgan fingerprint density at radius 1 is 1.14 bits per heavy atom. The molecular formula is C22H20ClN3OS. The van der Waals surface area contributed by atoms with E-state index in [0.717, 1.165) is 27.5 Å². The lowest BCUT2D eigenvalue weighted by Gasteiger charge is -2.21. The van der Waals surface area contributed by atoms with Crippen molar-refractivity contribution in [2.75, 3.05) is 6.54 Å². The molecule has 0 aliphatic rings. The van der Waals surface area contributed by atoms with Crippen LogP contribution in [-0.2, 0) is 17.8 Å². The molecule has 0 unspecified atom stereocenters. The third-order valence-corrected chi connectivity index (χ3v) is 5.85. The Labute approximate surface area is 173 Å². The van der Waals surface area contributed by atoms with Crippen LogP contribution in [0.25, 0.3) is 16.2 Å². The molecule has 2 aromatic heterocycles. The van der Waals surface area contributed by atoms with E-state index in [9.17, 15) is 4.79 Å². The average molecular weight is 410 g/mol. The number of aromatic nitrogens is 2. The van der Waals surface area contributed by atoms with Gasteiger partial charge in [0.15, 0.2) is 4.96 Å². The molecule has 4 aromatic rings. The molecule has 0 aliphatic heterocycles. The number of carbonyl (C=O) groups excluding carboxylic acids is 1. The van der Waals surface area contributed by atoms with Crippen LogP contribution >= 0.6 is 22.9 Å². The highest BCUT2D eigenvalue weighted by Crippen LogP contribution is 2.25. The Bertz CT molecular complexity index is 1090. The van der Waals surface area contributed by atoms with Gasteiger partial charge in [-0.05, 0) is 24.6 Å². The van der Waals surface area contributed by atoms with Crippen LogP contribution in [0.2, 0.25) is 5.02 Å². The highest BCUT2D eigenvalue weighted by Gasteiger charge is 2.17. The highest BCUT2D eigenvalue weighted by molar-refractivity contribution is 7.15. The minimum Gasteiger partial charge on any atom is -0.338 e. The maximum Gasteiger partial charge on any atom is 0.228 e. The summed E-state index contributed by atoms with van der Waals surface area (Å²) in [5, 5.41) is 2.72. The topological polar surface area (TPSA) is 37.6 Å². The van der Waals surface area contributed by atoms with Crippen molar-refractivity contribution < 1.29 is 4.79 Å². The molecule has 28 heavy (non-hydrogen) atoms. The van der Waals surface area contributed by atoms with Crippen molar-refractivity contribution in [3.63, 3.8) is 0 Å². The van der Waals surface area contributed by atoms with E-state index in [2.05, 4.69) is 4.98 Å². The molecule has 2 heterocycles. The van der Waals surface area contributed by atoms with Gasteiger partial charge in [-0.1, -0.05) is 54.1 Å². The predicted octanol–water partition coefficient (Wildman–Crippen LogP) is 5.31.